The number of para-hydroxylation sites is 8. The molecule has 1 aliphatic carbocycles. The van der Waals surface area contributed by atoms with Crippen molar-refractivity contribution in [3.05, 3.63) is 466 Å². The first-order valence-electron chi connectivity index (χ1n) is 44.4. The summed E-state index contributed by atoms with van der Waals surface area (Å²) in [5.41, 5.74) is 33.9. The van der Waals surface area contributed by atoms with Crippen molar-refractivity contribution in [3.63, 3.8) is 0 Å². The van der Waals surface area contributed by atoms with Crippen LogP contribution in [0.1, 0.15) is 25.0 Å². The molecule has 28 rings (SSSR count). The summed E-state index contributed by atoms with van der Waals surface area (Å²) in [5.74, 6) is 0.922. The van der Waals surface area contributed by atoms with Gasteiger partial charge in [0.2, 0.25) is 0 Å². The number of pyridine rings is 1. The SMILES string of the molecule is CC1(C)c2ccccc2-c2ccc3c4ccccc4n(-c4ccc(-c5cc(-c6ccccc6)cc(-c6ccccc6)c5)cc4)c3c21.c1ccc(-c2ccc(-n3c4ccccc4c4cc5oc6ccccc6c5cc43)cc2)cc1.c1ccc(-n2c3ccccc3c3cc4oc5ccccc5c4cc32)cc1.c1ccc(-n2c3ccccc3c3cc4oc5ccccc5c4cc32)nc1. The topological polar surface area (TPSA) is 72.0 Å². The first kappa shape index (κ1) is 75.5. The molecular formula is C122H81N5O3. The van der Waals surface area contributed by atoms with Crippen LogP contribution in [0.5, 0.6) is 0 Å². The standard InChI is InChI=1S/C45H33N.C30H19NO.C24H15NO.C23H14N2O/c1-45(2)41-19-11-9-17-37(41)39-25-26-40-38-18-10-12-20-42(38)46(44(40)43(39)45)36-23-21-32(22-24-36)35-28-33(30-13-5-3-6-14-30)27-34(29-35)31-15-7-4-8-16-31;1-2-8-20(9-3-1)21-14-16-22(17-15-21)31-27-12-6-4-10-23(27)25-19-30-26(18-28(25)31)24-11-5-7-13-29(24)32-30;1-2-8-16(9-3-1)25-21-12-6-4-10-17(21)19-15-24-20(14-22(19)25)18-11-5-7-13-23(18)26-24;1-3-9-19-15(7-1)17-14-22-18(16-8-2-4-10-21(16)26-22)13-20(17)25(19)23-11-5-6-12-24-23/h3-29H,1-2H3;1-19H;1-15H;1-14H. The van der Waals surface area contributed by atoms with Crippen LogP contribution >= 0.6 is 0 Å². The van der Waals surface area contributed by atoms with Crippen LogP contribution in [-0.2, 0) is 5.41 Å². The fourth-order valence-electron chi connectivity index (χ4n) is 20.6. The Morgan fingerprint density at radius 3 is 0.977 bits per heavy atom. The molecule has 0 atom stereocenters. The summed E-state index contributed by atoms with van der Waals surface area (Å²) in [7, 11) is 0. The molecule has 19 aromatic carbocycles. The van der Waals surface area contributed by atoms with Gasteiger partial charge >= 0.3 is 0 Å². The Kier molecular flexibility index (Phi) is 17.8. The summed E-state index contributed by atoms with van der Waals surface area (Å²) in [6.45, 7) is 4.76. The third-order valence-corrected chi connectivity index (χ3v) is 26.6. The second kappa shape index (κ2) is 30.7. The lowest BCUT2D eigenvalue weighted by molar-refractivity contribution is 0.664. The van der Waals surface area contributed by atoms with Crippen LogP contribution in [0.3, 0.4) is 0 Å². The maximum Gasteiger partial charge on any atom is 0.137 e. The molecule has 0 unspecified atom stereocenters. The maximum absolute atomic E-state index is 6.18. The van der Waals surface area contributed by atoms with Crippen molar-refractivity contribution >= 4 is 153 Å². The van der Waals surface area contributed by atoms with Gasteiger partial charge in [-0.1, -0.05) is 317 Å². The Balaban J connectivity index is 0.0000000964. The van der Waals surface area contributed by atoms with Crippen molar-refractivity contribution in [1.29, 1.82) is 0 Å². The first-order valence-corrected chi connectivity index (χ1v) is 44.4. The highest BCUT2D eigenvalue weighted by Crippen LogP contribution is 2.54. The average molecular weight is 1670 g/mol. The van der Waals surface area contributed by atoms with Gasteiger partial charge in [-0.25, -0.2) is 4.98 Å². The van der Waals surface area contributed by atoms with E-state index in [4.69, 9.17) is 13.3 Å². The average Bonchev–Trinajstić information content (AvgIpc) is 1.53. The smallest absolute Gasteiger partial charge is 0.137 e. The number of hydrogen-bond acceptors (Lipinski definition) is 4. The predicted octanol–water partition coefficient (Wildman–Crippen LogP) is 33.2. The zero-order valence-electron chi connectivity index (χ0n) is 71.3. The minimum absolute atomic E-state index is 0.108. The molecule has 0 saturated carbocycles. The second-order valence-corrected chi connectivity index (χ2v) is 34.4. The van der Waals surface area contributed by atoms with Crippen LogP contribution in [-0.4, -0.2) is 23.3 Å². The lowest BCUT2D eigenvalue weighted by atomic mass is 9.81. The molecule has 8 heterocycles. The molecular weight excluding hydrogens is 1580 g/mol. The molecule has 0 bridgehead atoms. The summed E-state index contributed by atoms with van der Waals surface area (Å²) in [6, 6.07) is 159. The molecule has 0 aliphatic heterocycles. The van der Waals surface area contributed by atoms with Crippen molar-refractivity contribution in [1.82, 2.24) is 23.3 Å². The number of furan rings is 3. The monoisotopic (exact) mass is 1660 g/mol. The van der Waals surface area contributed by atoms with Gasteiger partial charge in [-0.3, -0.25) is 4.57 Å². The second-order valence-electron chi connectivity index (χ2n) is 34.4. The van der Waals surface area contributed by atoms with Crippen molar-refractivity contribution in [2.24, 2.45) is 0 Å². The molecule has 0 saturated heterocycles. The Morgan fingerprint density at radius 1 is 0.200 bits per heavy atom. The summed E-state index contributed by atoms with van der Waals surface area (Å²) in [4.78, 5) is 4.59. The highest BCUT2D eigenvalue weighted by Gasteiger charge is 2.39. The van der Waals surface area contributed by atoms with Crippen LogP contribution < -0.4 is 0 Å². The van der Waals surface area contributed by atoms with E-state index in [9.17, 15) is 0 Å². The summed E-state index contributed by atoms with van der Waals surface area (Å²) in [6.07, 6.45) is 1.84. The molecule has 0 amide bonds. The van der Waals surface area contributed by atoms with Crippen LogP contribution in [0.15, 0.2) is 468 Å². The maximum atomic E-state index is 6.18. The molecule has 1 aliphatic rings. The third-order valence-electron chi connectivity index (χ3n) is 26.6. The number of fused-ring (bicyclic) bond motifs is 25. The molecule has 130 heavy (non-hydrogen) atoms. The number of benzene rings is 19. The van der Waals surface area contributed by atoms with Gasteiger partial charge in [-0.05, 0) is 212 Å². The predicted molar refractivity (Wildman–Crippen MR) is 542 cm³/mol. The van der Waals surface area contributed by atoms with E-state index in [0.29, 0.717) is 0 Å². The van der Waals surface area contributed by atoms with E-state index in [1.807, 2.05) is 60.8 Å². The minimum Gasteiger partial charge on any atom is -0.456 e. The van der Waals surface area contributed by atoms with Crippen LogP contribution in [0.25, 0.3) is 232 Å². The Hall–Kier alpha value is -17.1. The van der Waals surface area contributed by atoms with Crippen molar-refractivity contribution in [2.45, 2.75) is 19.3 Å². The van der Waals surface area contributed by atoms with E-state index in [1.165, 1.54) is 154 Å². The van der Waals surface area contributed by atoms with Crippen molar-refractivity contribution < 1.29 is 13.3 Å². The van der Waals surface area contributed by atoms with Gasteiger partial charge in [-0.2, -0.15) is 0 Å². The molecule has 0 N–H and O–H groups in total. The van der Waals surface area contributed by atoms with Gasteiger partial charge in [-0.15, -0.1) is 0 Å². The van der Waals surface area contributed by atoms with Gasteiger partial charge in [0.1, 0.15) is 39.3 Å². The largest absolute Gasteiger partial charge is 0.456 e. The molecule has 0 fully saturated rings. The van der Waals surface area contributed by atoms with E-state index in [-0.39, 0.29) is 5.41 Å². The van der Waals surface area contributed by atoms with Crippen molar-refractivity contribution in [3.8, 4) is 78.5 Å². The van der Waals surface area contributed by atoms with E-state index in [0.717, 1.165) is 88.4 Å². The Labute approximate surface area is 748 Å². The number of hydrogen-bond donors (Lipinski definition) is 0. The molecule has 27 aromatic rings. The molecule has 0 radical (unpaired) electrons. The summed E-state index contributed by atoms with van der Waals surface area (Å²) < 4.78 is 27.8. The van der Waals surface area contributed by atoms with E-state index >= 15 is 0 Å². The minimum atomic E-state index is -0.108. The molecule has 8 aromatic heterocycles. The summed E-state index contributed by atoms with van der Waals surface area (Å²) in [5, 5.41) is 16.8. The van der Waals surface area contributed by atoms with Crippen LogP contribution in [0.4, 0.5) is 0 Å². The summed E-state index contributed by atoms with van der Waals surface area (Å²) >= 11 is 0. The quantitative estimate of drug-likeness (QED) is 0.152. The third kappa shape index (κ3) is 12.5. The zero-order chi connectivity index (χ0) is 86.1. The highest BCUT2D eigenvalue weighted by atomic mass is 16.3. The fraction of sp³-hybridized carbons (Fsp3) is 0.0246. The Bertz CT molecular complexity index is 8820. The van der Waals surface area contributed by atoms with Crippen LogP contribution in [0.2, 0.25) is 0 Å². The number of rotatable bonds is 8. The number of aromatic nitrogens is 5. The lowest BCUT2D eigenvalue weighted by Crippen LogP contribution is -2.16. The zero-order valence-corrected chi connectivity index (χ0v) is 71.3. The molecule has 0 spiro atoms. The van der Waals surface area contributed by atoms with Gasteiger partial charge < -0.3 is 27.0 Å². The highest BCUT2D eigenvalue weighted by molar-refractivity contribution is 6.21. The van der Waals surface area contributed by atoms with E-state index in [2.05, 4.69) is 431 Å². The number of nitrogens with zero attached hydrogens (tertiary/aromatic N) is 5. The van der Waals surface area contributed by atoms with Crippen molar-refractivity contribution in [2.75, 3.05) is 0 Å². The normalized spacial score (nSPS) is 12.3. The van der Waals surface area contributed by atoms with Gasteiger partial charge in [0.15, 0.2) is 0 Å². The van der Waals surface area contributed by atoms with E-state index in [1.54, 1.807) is 0 Å². The molecule has 8 heteroatoms. The van der Waals surface area contributed by atoms with Gasteiger partial charge in [0, 0.05) is 104 Å². The lowest BCUT2D eigenvalue weighted by Gasteiger charge is -2.23. The molecule has 8 nitrogen and oxygen atoms in total. The molecule has 612 valence electrons. The van der Waals surface area contributed by atoms with Gasteiger partial charge in [0.05, 0.1) is 44.1 Å². The fourth-order valence-corrected chi connectivity index (χ4v) is 20.6. The van der Waals surface area contributed by atoms with Crippen LogP contribution in [0, 0.1) is 0 Å². The first-order chi connectivity index (χ1) is 64.2. The Morgan fingerprint density at radius 2 is 0.531 bits per heavy atom. The van der Waals surface area contributed by atoms with E-state index < -0.39 is 0 Å². The van der Waals surface area contributed by atoms with Gasteiger partial charge in [0.25, 0.3) is 0 Å².